The van der Waals surface area contributed by atoms with Crippen molar-refractivity contribution in [2.45, 2.75) is 184 Å². The molecular formula is C96H103NO24. The summed E-state index contributed by atoms with van der Waals surface area (Å²) in [4.78, 5) is 87.6. The number of nitrogens with zero attached hydrogens (tertiary/aromatic N) is 1. The molecule has 4 aliphatic heterocycles. The Kier molecular flexibility index (Phi) is 32.9. The number of carbonyl (C=O) groups is 6. The predicted molar refractivity (Wildman–Crippen MR) is 440 cm³/mol. The van der Waals surface area contributed by atoms with E-state index in [1.54, 1.807) is 98.1 Å². The number of methoxy groups -OCH3 is 3. The molecule has 0 unspecified atom stereocenters. The molecule has 0 bridgehead atoms. The Bertz CT molecular complexity index is 4660. The zero-order valence-corrected chi connectivity index (χ0v) is 68.2. The quantitative estimate of drug-likeness (QED) is 0.0148. The third-order valence-electron chi connectivity index (χ3n) is 21.2. The van der Waals surface area contributed by atoms with Crippen LogP contribution in [-0.4, -0.2) is 180 Å². The number of esters is 3. The van der Waals surface area contributed by atoms with Crippen molar-refractivity contribution in [3.63, 3.8) is 0 Å². The Balaban J connectivity index is 0.959. The van der Waals surface area contributed by atoms with Crippen molar-refractivity contribution < 1.29 is 114 Å². The Morgan fingerprint density at radius 2 is 0.752 bits per heavy atom. The molecule has 636 valence electrons. The van der Waals surface area contributed by atoms with E-state index in [1.165, 1.54) is 21.1 Å². The number of fused-ring (bicyclic) bond motifs is 1. The first-order chi connectivity index (χ1) is 59.3. The fourth-order valence-electron chi connectivity index (χ4n) is 14.9. The smallest absolute Gasteiger partial charge is 0.338 e. The number of ketones is 1. The molecule has 9 aromatic rings. The zero-order chi connectivity index (χ0) is 84.1. The molecule has 13 rings (SSSR count). The van der Waals surface area contributed by atoms with Crippen LogP contribution in [0.2, 0.25) is 0 Å². The minimum Gasteiger partial charge on any atom is -0.497 e. The maximum atomic E-state index is 15.5. The first-order valence-corrected chi connectivity index (χ1v) is 40.8. The molecule has 3 fully saturated rings. The second-order valence-corrected chi connectivity index (χ2v) is 29.8. The van der Waals surface area contributed by atoms with E-state index in [-0.39, 0.29) is 107 Å². The number of imide groups is 1. The van der Waals surface area contributed by atoms with E-state index < -0.39 is 129 Å². The fraction of sp³-hybridized carbons (Fsp3) is 0.375. The molecule has 121 heavy (non-hydrogen) atoms. The number of unbranched alkanes of at least 4 members (excludes halogenated alkanes) is 2. The van der Waals surface area contributed by atoms with Gasteiger partial charge in [-0.05, 0) is 107 Å². The molecule has 0 spiro atoms. The van der Waals surface area contributed by atoms with Gasteiger partial charge in [-0.3, -0.25) is 24.1 Å². The standard InChI is InChI=1S/C96H103NO24/c1-64(98)43-52-81(100)119-85-79(63-115-95-89(114-59-69-36-20-9-21-37-69)87(112-58-68-34-18-8-19-35-68)83(110-56-66-30-14-6-15-31-66)77(117-95)61-107-54-65-28-12-5-13-29-65)118-96(90(120-93(103)72-38-22-10-23-39-72)88(85)113-60-71-46-50-74(105-3)51-47-71)121-84-78(62-108-55-70-44-48-73(104-2)49-45-70)116-94(109-53-27-11-24-42-80(99)106-4)82(86(84)111-57-67-32-16-7-17-33-67)97-91(101)75-40-25-26-41-76(75)92(97)102/h5-10,12-23,25-26,28-41,44-51,77-79,82-90,94-96H,11,24,27,42-43,52-63H2,1-4H3/t77-,78-,79-,82-,83+,84-,85+,86-,87+,88+,89-,90-,94-,95-,96+/m1/s1. The maximum Gasteiger partial charge on any atom is 0.338 e. The van der Waals surface area contributed by atoms with Crippen LogP contribution in [0.4, 0.5) is 0 Å². The highest BCUT2D eigenvalue weighted by Gasteiger charge is 2.60. The molecule has 25 heteroatoms. The van der Waals surface area contributed by atoms with E-state index >= 15 is 14.4 Å². The van der Waals surface area contributed by atoms with Gasteiger partial charge in [0.15, 0.2) is 31.1 Å². The van der Waals surface area contributed by atoms with Crippen LogP contribution in [0.15, 0.2) is 255 Å². The van der Waals surface area contributed by atoms with E-state index in [9.17, 15) is 14.4 Å². The van der Waals surface area contributed by atoms with Crippen molar-refractivity contribution >= 4 is 35.5 Å². The fourth-order valence-corrected chi connectivity index (χ4v) is 14.9. The van der Waals surface area contributed by atoms with Crippen LogP contribution < -0.4 is 9.47 Å². The second-order valence-electron chi connectivity index (χ2n) is 29.8. The Morgan fingerprint density at radius 3 is 1.25 bits per heavy atom. The largest absolute Gasteiger partial charge is 0.497 e. The molecule has 15 atom stereocenters. The minimum atomic E-state index is -1.89. The number of amides is 2. The van der Waals surface area contributed by atoms with Gasteiger partial charge >= 0.3 is 17.9 Å². The monoisotopic (exact) mass is 1650 g/mol. The van der Waals surface area contributed by atoms with Crippen molar-refractivity contribution in [3.8, 4) is 11.5 Å². The summed E-state index contributed by atoms with van der Waals surface area (Å²) in [6.07, 6.45) is -18.8. The zero-order valence-electron chi connectivity index (χ0n) is 68.2. The molecule has 0 N–H and O–H groups in total. The molecule has 2 amide bonds. The summed E-state index contributed by atoms with van der Waals surface area (Å²) < 4.78 is 123. The highest BCUT2D eigenvalue weighted by atomic mass is 16.8. The first kappa shape index (κ1) is 88.1. The predicted octanol–water partition coefficient (Wildman–Crippen LogP) is 13.9. The van der Waals surface area contributed by atoms with Gasteiger partial charge in [-0.2, -0.15) is 0 Å². The van der Waals surface area contributed by atoms with Gasteiger partial charge in [-0.1, -0.05) is 213 Å². The van der Waals surface area contributed by atoms with Crippen LogP contribution in [0.5, 0.6) is 11.5 Å². The number of ether oxygens (including phenoxy) is 18. The average Bonchev–Trinajstić information content (AvgIpc) is 1.72. The number of carbonyl (C=O) groups excluding carboxylic acids is 6. The lowest BCUT2D eigenvalue weighted by molar-refractivity contribution is -0.368. The van der Waals surface area contributed by atoms with E-state index in [4.69, 9.17) is 85.3 Å². The summed E-state index contributed by atoms with van der Waals surface area (Å²) in [7, 11) is 4.43. The lowest BCUT2D eigenvalue weighted by atomic mass is 9.93. The highest BCUT2D eigenvalue weighted by Crippen LogP contribution is 2.41. The Hall–Kier alpha value is -10.7. The summed E-state index contributed by atoms with van der Waals surface area (Å²) in [5, 5.41) is 0. The number of hydrogen-bond donors (Lipinski definition) is 0. The SMILES string of the molecule is COC(=O)CCCCCO[C@@H]1O[C@H](COCc2ccc(OC)cc2)[C@@H](O[C@@H]2O[C@H](CO[C@@H]3O[C@H](COCc4ccccc4)[C@H](OCc4ccccc4)[C@H](OCc4ccccc4)[C@H]3OCc3ccccc3)[C@H](OC(=O)CCC(C)=O)[C@H](OCc3ccc(OC)cc3)[C@H]2OC(=O)c2ccccc2)[C@H](OCc2ccccc2)[C@H]1N1C(=O)c2ccccc2C1=O. The molecular weight excluding hydrogens is 1550 g/mol. The molecule has 4 aliphatic rings. The lowest BCUT2D eigenvalue weighted by Crippen LogP contribution is -2.69. The van der Waals surface area contributed by atoms with Crippen molar-refractivity contribution in [3.05, 3.63) is 310 Å². The van der Waals surface area contributed by atoms with Gasteiger partial charge in [0.25, 0.3) is 11.8 Å². The van der Waals surface area contributed by atoms with Crippen molar-refractivity contribution in [2.24, 2.45) is 0 Å². The van der Waals surface area contributed by atoms with Gasteiger partial charge in [0.2, 0.25) is 0 Å². The molecule has 4 heterocycles. The number of hydrogen-bond acceptors (Lipinski definition) is 24. The number of Topliss-reactive ketones (excluding diaryl/α,β-unsaturated/α-hetero) is 1. The maximum absolute atomic E-state index is 15.5. The minimum absolute atomic E-state index is 0.00187. The third kappa shape index (κ3) is 24.6. The van der Waals surface area contributed by atoms with Gasteiger partial charge in [0, 0.05) is 19.4 Å². The van der Waals surface area contributed by atoms with Gasteiger partial charge in [0.05, 0.1) is 111 Å². The topological polar surface area (TPSA) is 272 Å². The Morgan fingerprint density at radius 1 is 0.339 bits per heavy atom. The third-order valence-corrected chi connectivity index (χ3v) is 21.2. The van der Waals surface area contributed by atoms with E-state index in [0.717, 1.165) is 32.7 Å². The molecule has 0 saturated carbocycles. The van der Waals surface area contributed by atoms with E-state index in [0.29, 0.717) is 41.9 Å². The van der Waals surface area contributed by atoms with Crippen molar-refractivity contribution in [1.29, 1.82) is 0 Å². The summed E-state index contributed by atoms with van der Waals surface area (Å²) >= 11 is 0. The first-order valence-electron chi connectivity index (χ1n) is 40.8. The van der Waals surface area contributed by atoms with Crippen molar-refractivity contribution in [1.82, 2.24) is 4.90 Å². The molecule has 0 aliphatic carbocycles. The summed E-state index contributed by atoms with van der Waals surface area (Å²) in [5.41, 5.74) is 5.73. The van der Waals surface area contributed by atoms with Crippen LogP contribution in [0.25, 0.3) is 0 Å². The van der Waals surface area contributed by atoms with Crippen LogP contribution in [-0.2, 0) is 136 Å². The van der Waals surface area contributed by atoms with Gasteiger partial charge in [0.1, 0.15) is 78.3 Å². The number of rotatable bonds is 44. The lowest BCUT2D eigenvalue weighted by Gasteiger charge is -2.51. The molecule has 0 aromatic heterocycles. The molecule has 9 aromatic carbocycles. The normalized spacial score (nSPS) is 23.2. The molecule has 3 saturated heterocycles. The highest BCUT2D eigenvalue weighted by molar-refractivity contribution is 6.21. The van der Waals surface area contributed by atoms with Crippen LogP contribution in [0.3, 0.4) is 0 Å². The van der Waals surface area contributed by atoms with Crippen molar-refractivity contribution in [2.75, 3.05) is 47.8 Å². The summed E-state index contributed by atoms with van der Waals surface area (Å²) in [6.45, 7) is 0.445. The second kappa shape index (κ2) is 45.2. The van der Waals surface area contributed by atoms with Crippen LogP contribution >= 0.6 is 0 Å². The van der Waals surface area contributed by atoms with Gasteiger partial charge in [-0.15, -0.1) is 0 Å². The van der Waals surface area contributed by atoms with Gasteiger partial charge in [-0.25, -0.2) is 4.79 Å². The number of benzene rings is 9. The van der Waals surface area contributed by atoms with E-state index in [2.05, 4.69) is 0 Å². The van der Waals surface area contributed by atoms with Crippen LogP contribution in [0.1, 0.15) is 115 Å². The molecule has 25 nitrogen and oxygen atoms in total. The average molecular weight is 1650 g/mol. The van der Waals surface area contributed by atoms with E-state index in [1.807, 2.05) is 164 Å². The van der Waals surface area contributed by atoms with Gasteiger partial charge < -0.3 is 90.1 Å². The molecule has 0 radical (unpaired) electrons. The summed E-state index contributed by atoms with van der Waals surface area (Å²) in [5.74, 6) is -2.65. The summed E-state index contributed by atoms with van der Waals surface area (Å²) in [6, 6.07) is 75.3. The Labute approximate surface area is 704 Å². The van der Waals surface area contributed by atoms with Crippen LogP contribution in [0, 0.1) is 0 Å².